The highest BCUT2D eigenvalue weighted by Crippen LogP contribution is 2.41. The van der Waals surface area contributed by atoms with Crippen LogP contribution in [-0.2, 0) is 19.1 Å². The van der Waals surface area contributed by atoms with E-state index in [1.807, 2.05) is 0 Å². The summed E-state index contributed by atoms with van der Waals surface area (Å²) in [6, 6.07) is 0. The summed E-state index contributed by atoms with van der Waals surface area (Å²) in [6.45, 7) is 4.18. The number of allylic oxidation sites excluding steroid dienone is 4. The van der Waals surface area contributed by atoms with Gasteiger partial charge in [0.1, 0.15) is 0 Å². The Balaban J connectivity index is 2.73. The fraction of sp³-hybridized carbons (Fsp3) is 0.647. The van der Waals surface area contributed by atoms with E-state index in [9.17, 15) is 9.59 Å². The van der Waals surface area contributed by atoms with Crippen molar-refractivity contribution < 1.29 is 19.1 Å². The van der Waals surface area contributed by atoms with E-state index in [0.29, 0.717) is 12.8 Å². The molecule has 1 aliphatic carbocycles. The number of ether oxygens (including phenoxy) is 2. The smallest absolute Gasteiger partial charge is 0.312 e. The molecule has 0 aromatic rings. The van der Waals surface area contributed by atoms with Crippen molar-refractivity contribution in [3.8, 4) is 0 Å². The van der Waals surface area contributed by atoms with Gasteiger partial charge in [-0.25, -0.2) is 0 Å². The van der Waals surface area contributed by atoms with Gasteiger partial charge in [0.25, 0.3) is 0 Å². The minimum Gasteiger partial charge on any atom is -0.469 e. The quantitative estimate of drug-likeness (QED) is 0.555. The van der Waals surface area contributed by atoms with Crippen molar-refractivity contribution >= 4 is 11.9 Å². The lowest BCUT2D eigenvalue weighted by Gasteiger charge is -2.32. The second-order valence-corrected chi connectivity index (χ2v) is 5.91. The molecule has 1 rings (SSSR count). The molecule has 0 amide bonds. The summed E-state index contributed by atoms with van der Waals surface area (Å²) in [7, 11) is 2.71. The Morgan fingerprint density at radius 2 is 2.00 bits per heavy atom. The summed E-state index contributed by atoms with van der Waals surface area (Å²) in [5.41, 5.74) is 1.93. The molecule has 1 atom stereocenters. The van der Waals surface area contributed by atoms with Gasteiger partial charge in [-0.2, -0.15) is 0 Å². The third-order valence-corrected chi connectivity index (χ3v) is 4.05. The molecule has 4 heteroatoms. The van der Waals surface area contributed by atoms with Crippen LogP contribution in [0.4, 0.5) is 0 Å². The zero-order valence-corrected chi connectivity index (χ0v) is 13.5. The van der Waals surface area contributed by atoms with Gasteiger partial charge in [-0.1, -0.05) is 23.3 Å². The molecule has 0 fully saturated rings. The van der Waals surface area contributed by atoms with Crippen LogP contribution in [0.1, 0.15) is 52.4 Å². The van der Waals surface area contributed by atoms with Gasteiger partial charge in [0.05, 0.1) is 26.1 Å². The molecule has 0 N–H and O–H groups in total. The lowest BCUT2D eigenvalue weighted by molar-refractivity contribution is -0.160. The molecular weight excluding hydrogens is 268 g/mol. The summed E-state index contributed by atoms with van der Waals surface area (Å²) >= 11 is 0. The van der Waals surface area contributed by atoms with E-state index in [2.05, 4.69) is 26.0 Å². The van der Waals surface area contributed by atoms with Crippen molar-refractivity contribution in [2.75, 3.05) is 14.2 Å². The predicted molar refractivity (Wildman–Crippen MR) is 81.7 cm³/mol. The Morgan fingerprint density at radius 3 is 2.48 bits per heavy atom. The van der Waals surface area contributed by atoms with E-state index in [0.717, 1.165) is 19.3 Å². The molecule has 0 heterocycles. The minimum atomic E-state index is -0.748. The van der Waals surface area contributed by atoms with Crippen molar-refractivity contribution in [2.24, 2.45) is 5.41 Å². The summed E-state index contributed by atoms with van der Waals surface area (Å²) in [6.07, 6.45) is 8.49. The molecule has 0 saturated heterocycles. The number of rotatable bonds is 6. The molecule has 21 heavy (non-hydrogen) atoms. The van der Waals surface area contributed by atoms with Crippen molar-refractivity contribution in [3.63, 3.8) is 0 Å². The first-order valence-corrected chi connectivity index (χ1v) is 7.40. The van der Waals surface area contributed by atoms with E-state index in [4.69, 9.17) is 9.47 Å². The van der Waals surface area contributed by atoms with Crippen molar-refractivity contribution in [3.05, 3.63) is 23.3 Å². The Bertz CT molecular complexity index is 444. The average Bonchev–Trinajstić information content (AvgIpc) is 2.47. The van der Waals surface area contributed by atoms with E-state index in [-0.39, 0.29) is 18.4 Å². The first kappa shape index (κ1) is 17.5. The monoisotopic (exact) mass is 294 g/mol. The second kappa shape index (κ2) is 8.01. The normalized spacial score (nSPS) is 21.2. The molecule has 0 aromatic heterocycles. The highest BCUT2D eigenvalue weighted by Gasteiger charge is 2.42. The van der Waals surface area contributed by atoms with Crippen LogP contribution in [0, 0.1) is 5.41 Å². The first-order chi connectivity index (χ1) is 9.93. The van der Waals surface area contributed by atoms with Crippen molar-refractivity contribution in [1.82, 2.24) is 0 Å². The van der Waals surface area contributed by atoms with Gasteiger partial charge < -0.3 is 9.47 Å². The molecule has 118 valence electrons. The topological polar surface area (TPSA) is 52.6 Å². The molecule has 0 aromatic carbocycles. The SMILES string of the molecule is COC(=O)CC1(C(=O)OC)CC=C(CCC=C(C)C)CC1. The van der Waals surface area contributed by atoms with E-state index in [1.54, 1.807) is 0 Å². The minimum absolute atomic E-state index is 0.0912. The zero-order valence-electron chi connectivity index (χ0n) is 13.5. The van der Waals surface area contributed by atoms with Crippen LogP contribution in [0.2, 0.25) is 0 Å². The molecule has 0 spiro atoms. The highest BCUT2D eigenvalue weighted by atomic mass is 16.5. The van der Waals surface area contributed by atoms with Gasteiger partial charge in [0, 0.05) is 0 Å². The number of hydrogen-bond acceptors (Lipinski definition) is 4. The molecule has 1 unspecified atom stereocenters. The molecule has 1 aliphatic rings. The van der Waals surface area contributed by atoms with Crippen LogP contribution in [-0.4, -0.2) is 26.2 Å². The zero-order chi connectivity index (χ0) is 15.9. The average molecular weight is 294 g/mol. The molecular formula is C17H26O4. The Hall–Kier alpha value is -1.58. The number of carbonyl (C=O) groups excluding carboxylic acids is 2. The molecule has 0 aliphatic heterocycles. The van der Waals surface area contributed by atoms with Gasteiger partial charge in [-0.3, -0.25) is 9.59 Å². The van der Waals surface area contributed by atoms with Crippen LogP contribution < -0.4 is 0 Å². The second-order valence-electron chi connectivity index (χ2n) is 5.91. The number of hydrogen-bond donors (Lipinski definition) is 0. The Kier molecular flexibility index (Phi) is 6.66. The van der Waals surface area contributed by atoms with Crippen molar-refractivity contribution in [2.45, 2.75) is 52.4 Å². The maximum atomic E-state index is 12.1. The van der Waals surface area contributed by atoms with Crippen molar-refractivity contribution in [1.29, 1.82) is 0 Å². The van der Waals surface area contributed by atoms with Crippen LogP contribution in [0.25, 0.3) is 0 Å². The highest BCUT2D eigenvalue weighted by molar-refractivity contribution is 5.83. The predicted octanol–water partition coefficient (Wildman–Crippen LogP) is 3.57. The summed E-state index contributed by atoms with van der Waals surface area (Å²) in [5, 5.41) is 0. The van der Waals surface area contributed by atoms with Gasteiger partial charge in [0.15, 0.2) is 0 Å². The van der Waals surface area contributed by atoms with E-state index >= 15 is 0 Å². The van der Waals surface area contributed by atoms with Crippen LogP contribution in [0.15, 0.2) is 23.3 Å². The fourth-order valence-electron chi connectivity index (χ4n) is 2.70. The summed E-state index contributed by atoms with van der Waals surface area (Å²) in [4.78, 5) is 23.7. The lowest BCUT2D eigenvalue weighted by atomic mass is 9.72. The molecule has 0 bridgehead atoms. The standard InChI is InChI=1S/C17H26O4/c1-13(2)6-5-7-14-8-10-17(11-9-14,16(19)21-4)12-15(18)20-3/h6,8H,5,7,9-12H2,1-4H3. The first-order valence-electron chi connectivity index (χ1n) is 7.40. The summed E-state index contributed by atoms with van der Waals surface area (Å²) in [5.74, 6) is -0.672. The third-order valence-electron chi connectivity index (χ3n) is 4.05. The van der Waals surface area contributed by atoms with Gasteiger partial charge in [-0.05, 0) is 46.0 Å². The number of methoxy groups -OCH3 is 2. The maximum absolute atomic E-state index is 12.1. The number of carbonyl (C=O) groups is 2. The maximum Gasteiger partial charge on any atom is 0.312 e. The number of esters is 2. The Morgan fingerprint density at radius 1 is 1.29 bits per heavy atom. The van der Waals surface area contributed by atoms with Gasteiger partial charge in [-0.15, -0.1) is 0 Å². The molecule has 4 nitrogen and oxygen atoms in total. The molecule has 0 radical (unpaired) electrons. The largest absolute Gasteiger partial charge is 0.469 e. The van der Waals surface area contributed by atoms with Gasteiger partial charge in [0.2, 0.25) is 0 Å². The van der Waals surface area contributed by atoms with Crippen LogP contribution >= 0.6 is 0 Å². The Labute approximate surface area is 127 Å². The summed E-state index contributed by atoms with van der Waals surface area (Å²) < 4.78 is 9.62. The third kappa shape index (κ3) is 5.03. The fourth-order valence-corrected chi connectivity index (χ4v) is 2.70. The van der Waals surface area contributed by atoms with E-state index in [1.165, 1.54) is 25.4 Å². The van der Waals surface area contributed by atoms with Crippen LogP contribution in [0.3, 0.4) is 0 Å². The molecule has 0 saturated carbocycles. The van der Waals surface area contributed by atoms with Crippen LogP contribution in [0.5, 0.6) is 0 Å². The van der Waals surface area contributed by atoms with E-state index < -0.39 is 5.41 Å². The lowest BCUT2D eigenvalue weighted by Crippen LogP contribution is -2.36. The van der Waals surface area contributed by atoms with Gasteiger partial charge >= 0.3 is 11.9 Å².